The average molecular weight is 341 g/mol. The van der Waals surface area contributed by atoms with Gasteiger partial charge in [0.15, 0.2) is 11.5 Å². The van der Waals surface area contributed by atoms with Crippen LogP contribution in [-0.4, -0.2) is 17.8 Å². The molecule has 4 rings (SSSR count). The summed E-state index contributed by atoms with van der Waals surface area (Å²) in [6.45, 7) is 2.62. The van der Waals surface area contributed by atoms with E-state index in [1.165, 1.54) is 0 Å². The standard InChI is InChI=1S/C17H15N3O3S/c1-10-19-13-4-3-12(7-16(13)24-10)20-17(21)18-8-11-2-5-14-15(6-11)23-9-22-14/h2-7H,8-9H2,1H3,(H2,18,20,21). The number of carbonyl (C=O) groups excluding carboxylic acids is 1. The molecular weight excluding hydrogens is 326 g/mol. The van der Waals surface area contributed by atoms with Crippen molar-refractivity contribution in [2.24, 2.45) is 0 Å². The smallest absolute Gasteiger partial charge is 0.319 e. The van der Waals surface area contributed by atoms with Crippen molar-refractivity contribution in [3.8, 4) is 11.5 Å². The molecule has 7 heteroatoms. The summed E-state index contributed by atoms with van der Waals surface area (Å²) in [5, 5.41) is 6.68. The van der Waals surface area contributed by atoms with Gasteiger partial charge < -0.3 is 20.1 Å². The van der Waals surface area contributed by atoms with Crippen LogP contribution in [0.3, 0.4) is 0 Å². The van der Waals surface area contributed by atoms with Crippen molar-refractivity contribution in [1.29, 1.82) is 0 Å². The third kappa shape index (κ3) is 2.98. The van der Waals surface area contributed by atoms with Gasteiger partial charge >= 0.3 is 6.03 Å². The molecule has 0 aliphatic carbocycles. The summed E-state index contributed by atoms with van der Waals surface area (Å²) in [7, 11) is 0. The molecule has 2 N–H and O–H groups in total. The van der Waals surface area contributed by atoms with Gasteiger partial charge in [-0.25, -0.2) is 9.78 Å². The number of nitrogens with zero attached hydrogens (tertiary/aromatic N) is 1. The van der Waals surface area contributed by atoms with E-state index in [0.717, 1.165) is 32.2 Å². The number of thiazole rings is 1. The van der Waals surface area contributed by atoms with Gasteiger partial charge in [-0.15, -0.1) is 11.3 Å². The Morgan fingerprint density at radius 2 is 2.08 bits per heavy atom. The topological polar surface area (TPSA) is 72.5 Å². The second kappa shape index (κ2) is 6.01. The summed E-state index contributed by atoms with van der Waals surface area (Å²) in [4.78, 5) is 16.5. The van der Waals surface area contributed by atoms with Crippen LogP contribution in [0, 0.1) is 6.92 Å². The highest BCUT2D eigenvalue weighted by atomic mass is 32.1. The Balaban J connectivity index is 1.38. The number of hydrogen-bond donors (Lipinski definition) is 2. The highest BCUT2D eigenvalue weighted by Gasteiger charge is 2.13. The maximum atomic E-state index is 12.1. The molecule has 6 nitrogen and oxygen atoms in total. The summed E-state index contributed by atoms with van der Waals surface area (Å²) in [5.74, 6) is 1.44. The molecule has 1 aliphatic heterocycles. The third-order valence-electron chi connectivity index (χ3n) is 3.64. The van der Waals surface area contributed by atoms with Gasteiger partial charge in [-0.05, 0) is 42.8 Å². The zero-order valence-electron chi connectivity index (χ0n) is 13.0. The molecule has 0 radical (unpaired) electrons. The van der Waals surface area contributed by atoms with Crippen LogP contribution in [-0.2, 0) is 6.54 Å². The fourth-order valence-electron chi connectivity index (χ4n) is 2.53. The first-order chi connectivity index (χ1) is 11.7. The van der Waals surface area contributed by atoms with Gasteiger partial charge in [-0.3, -0.25) is 0 Å². The number of rotatable bonds is 3. The van der Waals surface area contributed by atoms with Crippen LogP contribution in [0.5, 0.6) is 11.5 Å². The molecular formula is C17H15N3O3S. The van der Waals surface area contributed by atoms with E-state index < -0.39 is 0 Å². The van der Waals surface area contributed by atoms with E-state index >= 15 is 0 Å². The van der Waals surface area contributed by atoms with Gasteiger partial charge in [0.05, 0.1) is 15.2 Å². The molecule has 2 aromatic carbocycles. The minimum Gasteiger partial charge on any atom is -0.454 e. The van der Waals surface area contributed by atoms with E-state index in [2.05, 4.69) is 15.6 Å². The molecule has 0 atom stereocenters. The van der Waals surface area contributed by atoms with E-state index in [4.69, 9.17) is 9.47 Å². The predicted molar refractivity (Wildman–Crippen MR) is 92.8 cm³/mol. The first-order valence-corrected chi connectivity index (χ1v) is 8.29. The summed E-state index contributed by atoms with van der Waals surface area (Å²) in [5.41, 5.74) is 2.64. The molecule has 3 aromatic rings. The summed E-state index contributed by atoms with van der Waals surface area (Å²) >= 11 is 1.61. The lowest BCUT2D eigenvalue weighted by molar-refractivity contribution is 0.174. The van der Waals surface area contributed by atoms with Crippen molar-refractivity contribution in [3.05, 3.63) is 47.0 Å². The number of anilines is 1. The molecule has 0 bridgehead atoms. The van der Waals surface area contributed by atoms with Crippen molar-refractivity contribution < 1.29 is 14.3 Å². The fourth-order valence-corrected chi connectivity index (χ4v) is 3.39. The molecule has 1 aliphatic rings. The van der Waals surface area contributed by atoms with E-state index in [0.29, 0.717) is 12.3 Å². The lowest BCUT2D eigenvalue weighted by atomic mass is 10.2. The Labute approximate surface area is 142 Å². The van der Waals surface area contributed by atoms with Crippen LogP contribution in [0.2, 0.25) is 0 Å². The number of amides is 2. The number of benzene rings is 2. The molecule has 122 valence electrons. The van der Waals surface area contributed by atoms with Crippen LogP contribution in [0.25, 0.3) is 10.2 Å². The molecule has 1 aromatic heterocycles. The number of urea groups is 1. The minimum absolute atomic E-state index is 0.242. The Kier molecular flexibility index (Phi) is 3.70. The molecule has 2 amide bonds. The lowest BCUT2D eigenvalue weighted by Crippen LogP contribution is -2.28. The van der Waals surface area contributed by atoms with Crippen molar-refractivity contribution in [3.63, 3.8) is 0 Å². The van der Waals surface area contributed by atoms with Gasteiger partial charge in [0.1, 0.15) is 0 Å². The number of carbonyl (C=O) groups is 1. The molecule has 24 heavy (non-hydrogen) atoms. The molecule has 2 heterocycles. The van der Waals surface area contributed by atoms with Gasteiger partial charge in [0.25, 0.3) is 0 Å². The van der Waals surface area contributed by atoms with Crippen LogP contribution >= 0.6 is 11.3 Å². The molecule has 0 fully saturated rings. The number of hydrogen-bond acceptors (Lipinski definition) is 5. The summed E-state index contributed by atoms with van der Waals surface area (Å²) in [6.07, 6.45) is 0. The normalized spacial score (nSPS) is 12.4. The largest absolute Gasteiger partial charge is 0.454 e. The Bertz CT molecular complexity index is 923. The first kappa shape index (κ1) is 14.8. The Morgan fingerprint density at radius 3 is 3.00 bits per heavy atom. The molecule has 0 saturated carbocycles. The van der Waals surface area contributed by atoms with Gasteiger partial charge in [0, 0.05) is 12.2 Å². The van der Waals surface area contributed by atoms with Gasteiger partial charge in [-0.1, -0.05) is 6.07 Å². The Hall–Kier alpha value is -2.80. The monoisotopic (exact) mass is 341 g/mol. The van der Waals surface area contributed by atoms with Crippen LogP contribution in [0.1, 0.15) is 10.6 Å². The van der Waals surface area contributed by atoms with E-state index in [1.54, 1.807) is 11.3 Å². The van der Waals surface area contributed by atoms with Crippen molar-refractivity contribution >= 4 is 33.3 Å². The van der Waals surface area contributed by atoms with E-state index in [1.807, 2.05) is 43.3 Å². The van der Waals surface area contributed by atoms with E-state index in [-0.39, 0.29) is 12.8 Å². The zero-order chi connectivity index (χ0) is 16.5. The Morgan fingerprint density at radius 1 is 1.21 bits per heavy atom. The number of aryl methyl sites for hydroxylation is 1. The summed E-state index contributed by atoms with van der Waals surface area (Å²) < 4.78 is 11.7. The average Bonchev–Trinajstić information content (AvgIpc) is 3.17. The second-order valence-electron chi connectivity index (χ2n) is 5.41. The minimum atomic E-state index is -0.256. The number of fused-ring (bicyclic) bond motifs is 2. The quantitative estimate of drug-likeness (QED) is 0.763. The van der Waals surface area contributed by atoms with Gasteiger partial charge in [0.2, 0.25) is 6.79 Å². The fraction of sp³-hybridized carbons (Fsp3) is 0.176. The van der Waals surface area contributed by atoms with Gasteiger partial charge in [-0.2, -0.15) is 0 Å². The molecule has 0 spiro atoms. The number of ether oxygens (including phenoxy) is 2. The zero-order valence-corrected chi connectivity index (χ0v) is 13.8. The first-order valence-electron chi connectivity index (χ1n) is 7.48. The van der Waals surface area contributed by atoms with Crippen LogP contribution < -0.4 is 20.1 Å². The molecule has 0 unspecified atom stereocenters. The number of aromatic nitrogens is 1. The predicted octanol–water partition coefficient (Wildman–Crippen LogP) is 3.66. The van der Waals surface area contributed by atoms with Crippen molar-refractivity contribution in [2.45, 2.75) is 13.5 Å². The maximum absolute atomic E-state index is 12.1. The maximum Gasteiger partial charge on any atom is 0.319 e. The highest BCUT2D eigenvalue weighted by Crippen LogP contribution is 2.32. The van der Waals surface area contributed by atoms with Crippen molar-refractivity contribution in [2.75, 3.05) is 12.1 Å². The summed E-state index contributed by atoms with van der Waals surface area (Å²) in [6, 6.07) is 11.0. The van der Waals surface area contributed by atoms with Crippen molar-refractivity contribution in [1.82, 2.24) is 10.3 Å². The van der Waals surface area contributed by atoms with Crippen LogP contribution in [0.15, 0.2) is 36.4 Å². The second-order valence-corrected chi connectivity index (χ2v) is 6.65. The highest BCUT2D eigenvalue weighted by molar-refractivity contribution is 7.18. The molecule has 0 saturated heterocycles. The van der Waals surface area contributed by atoms with E-state index in [9.17, 15) is 4.79 Å². The van der Waals surface area contributed by atoms with Crippen LogP contribution in [0.4, 0.5) is 10.5 Å². The lowest BCUT2D eigenvalue weighted by Gasteiger charge is -2.08. The third-order valence-corrected chi connectivity index (χ3v) is 4.58. The number of nitrogens with one attached hydrogen (secondary N) is 2. The SMILES string of the molecule is Cc1nc2ccc(NC(=O)NCc3ccc4c(c3)OCO4)cc2s1.